The molecule has 0 aromatic heterocycles. The molecule has 1 fully saturated rings. The second-order valence-corrected chi connectivity index (χ2v) is 6.89. The number of aliphatic hydroxyl groups excluding tert-OH is 1. The van der Waals surface area contributed by atoms with Gasteiger partial charge in [0.2, 0.25) is 5.91 Å². The Morgan fingerprint density at radius 2 is 1.92 bits per heavy atom. The molecule has 0 spiro atoms. The van der Waals surface area contributed by atoms with E-state index in [1.54, 1.807) is 0 Å². The maximum absolute atomic E-state index is 12.2. The van der Waals surface area contributed by atoms with Gasteiger partial charge in [-0.2, -0.15) is 0 Å². The van der Waals surface area contributed by atoms with E-state index in [0.29, 0.717) is 19.0 Å². The van der Waals surface area contributed by atoms with Crippen LogP contribution in [-0.2, 0) is 11.2 Å². The van der Waals surface area contributed by atoms with Crippen LogP contribution in [0.4, 0.5) is 0 Å². The quantitative estimate of drug-likeness (QED) is 0.578. The maximum Gasteiger partial charge on any atom is 0.237 e. The summed E-state index contributed by atoms with van der Waals surface area (Å²) in [5.41, 5.74) is 7.17. The van der Waals surface area contributed by atoms with E-state index < -0.39 is 6.10 Å². The number of carbonyl (C=O) groups excluding carboxylic acids is 1. The van der Waals surface area contributed by atoms with Crippen LogP contribution in [0, 0.1) is 0 Å². The third-order valence-electron chi connectivity index (χ3n) is 4.79. The van der Waals surface area contributed by atoms with Crippen molar-refractivity contribution in [3.8, 4) is 0 Å². The van der Waals surface area contributed by atoms with Crippen LogP contribution in [0.15, 0.2) is 30.3 Å². The number of nitrogens with one attached hydrogen (secondary N) is 2. The summed E-state index contributed by atoms with van der Waals surface area (Å²) in [7, 11) is 0. The molecule has 3 atom stereocenters. The second kappa shape index (κ2) is 9.77. The Bertz CT molecular complexity index is 489. The fraction of sp³-hybridized carbons (Fsp3) is 0.632. The molecule has 0 bridgehead atoms. The van der Waals surface area contributed by atoms with Gasteiger partial charge in [0, 0.05) is 18.6 Å². The average Bonchev–Trinajstić information content (AvgIpc) is 2.61. The van der Waals surface area contributed by atoms with Crippen molar-refractivity contribution < 1.29 is 9.90 Å². The van der Waals surface area contributed by atoms with Crippen LogP contribution < -0.4 is 16.4 Å². The number of hydrogen-bond acceptors (Lipinski definition) is 4. The second-order valence-electron chi connectivity index (χ2n) is 6.89. The highest BCUT2D eigenvalue weighted by Crippen LogP contribution is 2.17. The number of benzene rings is 1. The Morgan fingerprint density at radius 1 is 1.25 bits per heavy atom. The Labute approximate surface area is 145 Å². The van der Waals surface area contributed by atoms with Crippen molar-refractivity contribution >= 4 is 5.91 Å². The molecular formula is C19H31N3O2. The summed E-state index contributed by atoms with van der Waals surface area (Å²) in [6, 6.07) is 9.51. The van der Waals surface area contributed by atoms with E-state index in [9.17, 15) is 9.90 Å². The van der Waals surface area contributed by atoms with Crippen molar-refractivity contribution in [3.05, 3.63) is 35.9 Å². The third kappa shape index (κ3) is 6.23. The zero-order valence-electron chi connectivity index (χ0n) is 14.6. The number of carbonyl (C=O) groups is 1. The van der Waals surface area contributed by atoms with E-state index in [2.05, 4.69) is 10.6 Å². The van der Waals surface area contributed by atoms with E-state index in [4.69, 9.17) is 5.73 Å². The van der Waals surface area contributed by atoms with Gasteiger partial charge >= 0.3 is 0 Å². The van der Waals surface area contributed by atoms with Crippen molar-refractivity contribution in [1.82, 2.24) is 10.6 Å². The van der Waals surface area contributed by atoms with Gasteiger partial charge in [-0.05, 0) is 31.7 Å². The Kier molecular flexibility index (Phi) is 7.69. The smallest absolute Gasteiger partial charge is 0.237 e. The minimum absolute atomic E-state index is 0.00531. The van der Waals surface area contributed by atoms with Gasteiger partial charge in [-0.15, -0.1) is 0 Å². The van der Waals surface area contributed by atoms with Crippen LogP contribution in [0.25, 0.3) is 0 Å². The topological polar surface area (TPSA) is 87.4 Å². The lowest BCUT2D eigenvalue weighted by molar-refractivity contribution is -0.123. The molecule has 134 valence electrons. The molecule has 1 aromatic carbocycles. The first kappa shape index (κ1) is 18.9. The third-order valence-corrected chi connectivity index (χ3v) is 4.79. The van der Waals surface area contributed by atoms with Crippen molar-refractivity contribution in [3.63, 3.8) is 0 Å². The molecule has 1 aliphatic carbocycles. The minimum Gasteiger partial charge on any atom is -0.390 e. The standard InChI is InChI=1S/C19H31N3O2/c1-14(19(24)22-16-10-6-3-7-11-16)21-13-18(23)17(20)12-15-8-4-2-5-9-15/h2,4-5,8-9,14,16-18,21,23H,3,6-7,10-13,20H2,1H3,(H,22,24)/t14-,17?,18?/m0/s1. The van der Waals surface area contributed by atoms with Gasteiger partial charge in [0.15, 0.2) is 0 Å². The van der Waals surface area contributed by atoms with Gasteiger partial charge in [-0.25, -0.2) is 0 Å². The zero-order valence-corrected chi connectivity index (χ0v) is 14.6. The SMILES string of the molecule is C[C@H](NCC(O)C(N)Cc1ccccc1)C(=O)NC1CCCCC1. The number of nitrogens with two attached hydrogens (primary N) is 1. The zero-order chi connectivity index (χ0) is 17.4. The lowest BCUT2D eigenvalue weighted by Gasteiger charge is -2.26. The molecule has 5 N–H and O–H groups in total. The summed E-state index contributed by atoms with van der Waals surface area (Å²) in [6.45, 7) is 2.14. The molecule has 0 saturated heterocycles. The Morgan fingerprint density at radius 3 is 2.58 bits per heavy atom. The lowest BCUT2D eigenvalue weighted by atomic mass is 9.95. The Balaban J connectivity index is 1.69. The predicted molar refractivity (Wildman–Crippen MR) is 96.6 cm³/mol. The van der Waals surface area contributed by atoms with Crippen LogP contribution in [0.2, 0.25) is 0 Å². The van der Waals surface area contributed by atoms with Gasteiger partial charge in [0.05, 0.1) is 12.1 Å². The van der Waals surface area contributed by atoms with Crippen molar-refractivity contribution in [2.24, 2.45) is 5.73 Å². The highest BCUT2D eigenvalue weighted by molar-refractivity contribution is 5.81. The monoisotopic (exact) mass is 333 g/mol. The number of hydrogen-bond donors (Lipinski definition) is 4. The molecule has 0 heterocycles. The molecular weight excluding hydrogens is 302 g/mol. The van der Waals surface area contributed by atoms with E-state index in [0.717, 1.165) is 18.4 Å². The molecule has 1 aromatic rings. The normalized spacial score (nSPS) is 19.5. The van der Waals surface area contributed by atoms with Crippen LogP contribution >= 0.6 is 0 Å². The maximum atomic E-state index is 12.2. The summed E-state index contributed by atoms with van der Waals surface area (Å²) in [5, 5.41) is 16.4. The summed E-state index contributed by atoms with van der Waals surface area (Å²) in [4.78, 5) is 12.2. The number of rotatable bonds is 8. The van der Waals surface area contributed by atoms with Crippen molar-refractivity contribution in [2.45, 2.75) is 69.7 Å². The largest absolute Gasteiger partial charge is 0.390 e. The van der Waals surface area contributed by atoms with E-state index in [1.807, 2.05) is 37.3 Å². The fourth-order valence-corrected chi connectivity index (χ4v) is 3.14. The minimum atomic E-state index is -0.685. The fourth-order valence-electron chi connectivity index (χ4n) is 3.14. The van der Waals surface area contributed by atoms with Crippen LogP contribution in [0.5, 0.6) is 0 Å². The molecule has 0 radical (unpaired) electrons. The average molecular weight is 333 g/mol. The predicted octanol–water partition coefficient (Wildman–Crippen LogP) is 1.34. The van der Waals surface area contributed by atoms with Crippen LogP contribution in [0.1, 0.15) is 44.6 Å². The number of amides is 1. The summed E-state index contributed by atoms with van der Waals surface area (Å²) in [5.74, 6) is 0.00531. The molecule has 24 heavy (non-hydrogen) atoms. The van der Waals surface area contributed by atoms with Crippen LogP contribution in [-0.4, -0.2) is 41.8 Å². The molecule has 1 amide bonds. The molecule has 1 saturated carbocycles. The van der Waals surface area contributed by atoms with Gasteiger partial charge < -0.3 is 21.5 Å². The summed E-state index contributed by atoms with van der Waals surface area (Å²) < 4.78 is 0. The molecule has 5 nitrogen and oxygen atoms in total. The molecule has 2 rings (SSSR count). The first-order valence-corrected chi connectivity index (χ1v) is 9.07. The summed E-state index contributed by atoms with van der Waals surface area (Å²) in [6.07, 6.45) is 5.74. The van der Waals surface area contributed by atoms with Gasteiger partial charge in [-0.1, -0.05) is 49.6 Å². The number of aliphatic hydroxyl groups is 1. The first-order chi connectivity index (χ1) is 11.6. The van der Waals surface area contributed by atoms with Crippen LogP contribution in [0.3, 0.4) is 0 Å². The molecule has 2 unspecified atom stereocenters. The van der Waals surface area contributed by atoms with E-state index in [-0.39, 0.29) is 18.0 Å². The van der Waals surface area contributed by atoms with Crippen molar-refractivity contribution in [1.29, 1.82) is 0 Å². The van der Waals surface area contributed by atoms with E-state index >= 15 is 0 Å². The molecule has 0 aliphatic heterocycles. The summed E-state index contributed by atoms with van der Waals surface area (Å²) >= 11 is 0. The first-order valence-electron chi connectivity index (χ1n) is 9.07. The Hall–Kier alpha value is -1.43. The van der Waals surface area contributed by atoms with Gasteiger partial charge in [-0.3, -0.25) is 4.79 Å². The highest BCUT2D eigenvalue weighted by atomic mass is 16.3. The molecule has 5 heteroatoms. The highest BCUT2D eigenvalue weighted by Gasteiger charge is 2.21. The molecule has 1 aliphatic rings. The lowest BCUT2D eigenvalue weighted by Crippen LogP contribution is -2.51. The van der Waals surface area contributed by atoms with Gasteiger partial charge in [0.1, 0.15) is 0 Å². The van der Waals surface area contributed by atoms with Crippen molar-refractivity contribution in [2.75, 3.05) is 6.54 Å². The van der Waals surface area contributed by atoms with E-state index in [1.165, 1.54) is 19.3 Å². The van der Waals surface area contributed by atoms with Gasteiger partial charge in [0.25, 0.3) is 0 Å².